The molecule has 2 fully saturated rings. The number of hydrogen-bond donors (Lipinski definition) is 1. The molecule has 0 radical (unpaired) electrons. The van der Waals surface area contributed by atoms with Crippen LogP contribution in [0.15, 0.2) is 18.2 Å². The van der Waals surface area contributed by atoms with Crippen LogP contribution in [0.2, 0.25) is 0 Å². The fourth-order valence-electron chi connectivity index (χ4n) is 3.56. The van der Waals surface area contributed by atoms with E-state index < -0.39 is 17.9 Å². The number of piperazine rings is 1. The topological polar surface area (TPSA) is 91.4 Å². The summed E-state index contributed by atoms with van der Waals surface area (Å²) in [7, 11) is 0. The first-order valence-electron chi connectivity index (χ1n) is 10.5. The Balaban J connectivity index is 1.57. The average molecular weight is 467 g/mol. The van der Waals surface area contributed by atoms with Gasteiger partial charge in [0.2, 0.25) is 0 Å². The van der Waals surface area contributed by atoms with Gasteiger partial charge in [-0.3, -0.25) is 14.5 Å². The van der Waals surface area contributed by atoms with Crippen molar-refractivity contribution in [2.75, 3.05) is 55.7 Å². The monoisotopic (exact) mass is 466 g/mol. The summed E-state index contributed by atoms with van der Waals surface area (Å²) in [6.45, 7) is 5.30. The highest BCUT2D eigenvalue weighted by Gasteiger charge is 2.33. The van der Waals surface area contributed by atoms with Crippen LogP contribution in [-0.2, 0) is 19.1 Å². The second kappa shape index (κ2) is 10.6. The van der Waals surface area contributed by atoms with E-state index in [1.54, 1.807) is 17.0 Å². The molecule has 0 aliphatic carbocycles. The Kier molecular flexibility index (Phi) is 7.84. The van der Waals surface area contributed by atoms with Crippen molar-refractivity contribution < 1.29 is 28.2 Å². The highest BCUT2D eigenvalue weighted by molar-refractivity contribution is 7.80. The van der Waals surface area contributed by atoms with E-state index in [2.05, 4.69) is 5.32 Å². The smallest absolute Gasteiger partial charge is 0.414 e. The van der Waals surface area contributed by atoms with Gasteiger partial charge in [0.15, 0.2) is 6.61 Å². The molecule has 0 unspecified atom stereocenters. The summed E-state index contributed by atoms with van der Waals surface area (Å²) in [6.07, 6.45) is -0.181. The van der Waals surface area contributed by atoms with Crippen molar-refractivity contribution in [1.29, 1.82) is 0 Å². The van der Waals surface area contributed by atoms with Crippen molar-refractivity contribution in [2.45, 2.75) is 26.4 Å². The van der Waals surface area contributed by atoms with E-state index in [-0.39, 0.29) is 18.6 Å². The minimum atomic E-state index is -0.522. The van der Waals surface area contributed by atoms with Gasteiger partial charge in [-0.05, 0) is 24.6 Å². The molecule has 1 aromatic carbocycles. The number of anilines is 2. The van der Waals surface area contributed by atoms with Gasteiger partial charge in [-0.25, -0.2) is 9.18 Å². The number of carbonyl (C=O) groups is 3. The van der Waals surface area contributed by atoms with Gasteiger partial charge in [0.1, 0.15) is 11.9 Å². The lowest BCUT2D eigenvalue weighted by Crippen LogP contribution is -2.50. The standard InChI is InChI=1S/C21H27FN4O5S/c1-3-19(32)23-11-16-12-26(21(29)31-16)15-4-5-18(17(22)10-15)24-6-8-25(9-7-24)20(28)13-30-14(2)27/h4-5,10,16H,3,6-9,11-13H2,1-2H3,(H,23,32)/t16-/m0/s1. The van der Waals surface area contributed by atoms with Crippen LogP contribution in [0.5, 0.6) is 0 Å². The predicted octanol–water partition coefficient (Wildman–Crippen LogP) is 1.69. The Morgan fingerprint density at radius 3 is 2.62 bits per heavy atom. The number of benzene rings is 1. The van der Waals surface area contributed by atoms with Crippen molar-refractivity contribution in [3.05, 3.63) is 24.0 Å². The first-order valence-corrected chi connectivity index (χ1v) is 10.9. The number of cyclic esters (lactones) is 1. The molecule has 1 N–H and O–H groups in total. The lowest BCUT2D eigenvalue weighted by atomic mass is 10.2. The number of nitrogens with one attached hydrogen (secondary N) is 1. The van der Waals surface area contributed by atoms with Crippen molar-refractivity contribution in [3.63, 3.8) is 0 Å². The SMILES string of the molecule is CCC(=S)NC[C@H]1CN(c2ccc(N3CCN(C(=O)COC(C)=O)CC3)c(F)c2)C(=O)O1. The number of carbonyl (C=O) groups excluding carboxylic acids is 3. The van der Waals surface area contributed by atoms with Crippen LogP contribution in [0, 0.1) is 5.82 Å². The molecule has 32 heavy (non-hydrogen) atoms. The molecule has 1 aromatic rings. The molecule has 0 spiro atoms. The van der Waals surface area contributed by atoms with Crippen molar-refractivity contribution in [2.24, 2.45) is 0 Å². The van der Waals surface area contributed by atoms with Gasteiger partial charge in [-0.1, -0.05) is 19.1 Å². The molecule has 0 bridgehead atoms. The van der Waals surface area contributed by atoms with Gasteiger partial charge in [-0.2, -0.15) is 0 Å². The van der Waals surface area contributed by atoms with Gasteiger partial charge >= 0.3 is 12.1 Å². The lowest BCUT2D eigenvalue weighted by Gasteiger charge is -2.36. The summed E-state index contributed by atoms with van der Waals surface area (Å²) in [6, 6.07) is 4.64. The van der Waals surface area contributed by atoms with Crippen LogP contribution >= 0.6 is 12.2 Å². The van der Waals surface area contributed by atoms with Crippen LogP contribution in [0.3, 0.4) is 0 Å². The molecule has 2 amide bonds. The first kappa shape index (κ1) is 23.7. The first-order chi connectivity index (χ1) is 15.3. The second-order valence-corrected chi connectivity index (χ2v) is 8.05. The second-order valence-electron chi connectivity index (χ2n) is 7.56. The molecular formula is C21H27FN4O5S. The fraction of sp³-hybridized carbons (Fsp3) is 0.524. The minimum Gasteiger partial charge on any atom is -0.456 e. The van der Waals surface area contributed by atoms with E-state index in [0.29, 0.717) is 62.1 Å². The molecule has 174 valence electrons. The zero-order valence-electron chi connectivity index (χ0n) is 18.1. The highest BCUT2D eigenvalue weighted by atomic mass is 32.1. The third kappa shape index (κ3) is 5.84. The quantitative estimate of drug-likeness (QED) is 0.480. The summed E-state index contributed by atoms with van der Waals surface area (Å²) in [5.41, 5.74) is 0.826. The Labute approximate surface area is 191 Å². The minimum absolute atomic E-state index is 0.271. The molecule has 2 aliphatic heterocycles. The Morgan fingerprint density at radius 1 is 1.28 bits per heavy atom. The highest BCUT2D eigenvalue weighted by Crippen LogP contribution is 2.28. The number of thiocarbonyl (C=S) groups is 1. The predicted molar refractivity (Wildman–Crippen MR) is 120 cm³/mol. The van der Waals surface area contributed by atoms with Crippen LogP contribution in [0.4, 0.5) is 20.6 Å². The number of halogens is 1. The molecule has 2 heterocycles. The molecule has 1 atom stereocenters. The molecule has 9 nitrogen and oxygen atoms in total. The molecule has 2 saturated heterocycles. The van der Waals surface area contributed by atoms with Crippen LogP contribution in [-0.4, -0.2) is 79.8 Å². The van der Waals surface area contributed by atoms with E-state index in [0.717, 1.165) is 0 Å². The Bertz CT molecular complexity index is 891. The zero-order valence-corrected chi connectivity index (χ0v) is 19.0. The molecular weight excluding hydrogens is 439 g/mol. The average Bonchev–Trinajstić information content (AvgIpc) is 3.16. The fourth-order valence-corrected chi connectivity index (χ4v) is 3.65. The number of amides is 2. The van der Waals surface area contributed by atoms with Crippen LogP contribution in [0.1, 0.15) is 20.3 Å². The lowest BCUT2D eigenvalue weighted by molar-refractivity contribution is -0.150. The molecule has 11 heteroatoms. The van der Waals surface area contributed by atoms with Gasteiger partial charge in [0.25, 0.3) is 5.91 Å². The third-order valence-electron chi connectivity index (χ3n) is 5.34. The number of rotatable bonds is 7. The summed E-state index contributed by atoms with van der Waals surface area (Å²) in [5.74, 6) is -1.23. The van der Waals surface area contributed by atoms with Crippen molar-refractivity contribution >= 4 is 46.6 Å². The Hall–Kier alpha value is -2.95. The van der Waals surface area contributed by atoms with Gasteiger partial charge in [-0.15, -0.1) is 0 Å². The number of esters is 1. The number of nitrogens with zero attached hydrogens (tertiary/aromatic N) is 3. The van der Waals surface area contributed by atoms with E-state index in [1.165, 1.54) is 17.9 Å². The maximum atomic E-state index is 14.9. The van der Waals surface area contributed by atoms with Gasteiger partial charge in [0, 0.05) is 33.1 Å². The maximum Gasteiger partial charge on any atom is 0.414 e. The van der Waals surface area contributed by atoms with E-state index in [9.17, 15) is 18.8 Å². The number of hydrogen-bond acceptors (Lipinski definition) is 7. The Morgan fingerprint density at radius 2 is 2.00 bits per heavy atom. The van der Waals surface area contributed by atoms with Crippen molar-refractivity contribution in [1.82, 2.24) is 10.2 Å². The number of ether oxygens (including phenoxy) is 2. The van der Waals surface area contributed by atoms with Gasteiger partial charge in [0.05, 0.1) is 29.5 Å². The largest absolute Gasteiger partial charge is 0.456 e. The molecule has 2 aliphatic rings. The van der Waals surface area contributed by atoms with Crippen LogP contribution in [0.25, 0.3) is 0 Å². The summed E-state index contributed by atoms with van der Waals surface area (Å²) in [4.78, 5) is 40.7. The van der Waals surface area contributed by atoms with Crippen LogP contribution < -0.4 is 15.1 Å². The third-order valence-corrected chi connectivity index (χ3v) is 5.77. The van der Waals surface area contributed by atoms with E-state index in [4.69, 9.17) is 21.7 Å². The molecule has 0 saturated carbocycles. The van der Waals surface area contributed by atoms with Gasteiger partial charge < -0.3 is 24.6 Å². The van der Waals surface area contributed by atoms with E-state index in [1.807, 2.05) is 11.8 Å². The zero-order chi connectivity index (χ0) is 23.3. The molecule has 0 aromatic heterocycles. The normalized spacial score (nSPS) is 18.4. The summed E-state index contributed by atoms with van der Waals surface area (Å²) < 4.78 is 25.0. The van der Waals surface area contributed by atoms with Crippen molar-refractivity contribution in [3.8, 4) is 0 Å². The molecule has 3 rings (SSSR count). The maximum absolute atomic E-state index is 14.9. The van der Waals surface area contributed by atoms with E-state index >= 15 is 0 Å². The summed E-state index contributed by atoms with van der Waals surface area (Å²) >= 11 is 5.12. The summed E-state index contributed by atoms with van der Waals surface area (Å²) in [5, 5.41) is 3.05.